The number of hydrogen-bond acceptors (Lipinski definition) is 4. The molecule has 104 valence electrons. The third-order valence-corrected chi connectivity index (χ3v) is 3.00. The number of H-pyrrole nitrogens is 1. The first-order valence-corrected chi connectivity index (χ1v) is 6.56. The summed E-state index contributed by atoms with van der Waals surface area (Å²) in [7, 11) is 0. The van der Waals surface area contributed by atoms with Gasteiger partial charge in [0.15, 0.2) is 0 Å². The summed E-state index contributed by atoms with van der Waals surface area (Å²) in [5.74, 6) is -0.786. The Morgan fingerprint density at radius 3 is 2.70 bits per heavy atom. The highest BCUT2D eigenvalue weighted by Gasteiger charge is 2.13. The Labute approximate surface area is 123 Å². The fraction of sp³-hybridized carbons (Fsp3) is 0.0769. The predicted molar refractivity (Wildman–Crippen MR) is 80.9 cm³/mol. The molecule has 1 heterocycles. The molecule has 0 amide bonds. The second-order valence-corrected chi connectivity index (χ2v) is 4.81. The number of aromatic amines is 1. The van der Waals surface area contributed by atoms with Crippen molar-refractivity contribution in [2.45, 2.75) is 0 Å². The van der Waals surface area contributed by atoms with Gasteiger partial charge in [-0.2, -0.15) is 4.39 Å². The summed E-state index contributed by atoms with van der Waals surface area (Å²) < 4.78 is 14.6. The molecular weight excluding hydrogens is 327 g/mol. The van der Waals surface area contributed by atoms with Crippen molar-refractivity contribution in [2.24, 2.45) is 0 Å². The van der Waals surface area contributed by atoms with Crippen molar-refractivity contribution >= 4 is 33.0 Å². The van der Waals surface area contributed by atoms with E-state index in [0.717, 1.165) is 4.47 Å². The van der Waals surface area contributed by atoms with E-state index in [4.69, 9.17) is 0 Å². The molecule has 0 saturated heterocycles. The summed E-state index contributed by atoms with van der Waals surface area (Å²) in [5.41, 5.74) is 0.227. The van der Waals surface area contributed by atoms with Crippen LogP contribution in [0.2, 0.25) is 0 Å². The topological polar surface area (TPSA) is 69.8 Å². The van der Waals surface area contributed by atoms with Crippen LogP contribution in [0.15, 0.2) is 46.2 Å². The van der Waals surface area contributed by atoms with Crippen molar-refractivity contribution in [3.63, 3.8) is 0 Å². The highest BCUT2D eigenvalue weighted by Crippen LogP contribution is 2.24. The first-order valence-electron chi connectivity index (χ1n) is 5.77. The van der Waals surface area contributed by atoms with Crippen LogP contribution >= 0.6 is 15.9 Å². The third kappa shape index (κ3) is 3.24. The van der Waals surface area contributed by atoms with Gasteiger partial charge in [0.1, 0.15) is 11.4 Å². The van der Waals surface area contributed by atoms with Crippen molar-refractivity contribution in [1.29, 1.82) is 0 Å². The molecule has 0 unspecified atom stereocenters. The Balaban J connectivity index is 2.38. The molecule has 2 rings (SSSR count). The molecule has 0 aliphatic carbocycles. The van der Waals surface area contributed by atoms with E-state index in [1.807, 2.05) is 12.1 Å². The number of benzene rings is 1. The minimum atomic E-state index is -0.786. The van der Waals surface area contributed by atoms with Crippen molar-refractivity contribution < 1.29 is 4.39 Å². The molecule has 20 heavy (non-hydrogen) atoms. The number of nitrogens with zero attached hydrogens (tertiary/aromatic N) is 1. The maximum Gasteiger partial charge on any atom is 0.290 e. The van der Waals surface area contributed by atoms with Gasteiger partial charge in [-0.15, -0.1) is 11.7 Å². The normalized spacial score (nSPS) is 10.1. The van der Waals surface area contributed by atoms with Crippen LogP contribution in [-0.4, -0.2) is 16.7 Å². The van der Waals surface area contributed by atoms with Gasteiger partial charge in [-0.1, -0.05) is 22.0 Å². The van der Waals surface area contributed by atoms with Crippen LogP contribution in [-0.2, 0) is 0 Å². The van der Waals surface area contributed by atoms with Gasteiger partial charge in [-0.25, -0.2) is 5.10 Å². The van der Waals surface area contributed by atoms with Crippen molar-refractivity contribution in [1.82, 2.24) is 10.2 Å². The number of aromatic nitrogens is 2. The molecule has 0 saturated carbocycles. The molecule has 5 nitrogen and oxygen atoms in total. The van der Waals surface area contributed by atoms with Gasteiger partial charge in [0, 0.05) is 16.7 Å². The predicted octanol–water partition coefficient (Wildman–Crippen LogP) is 3.01. The van der Waals surface area contributed by atoms with Crippen LogP contribution in [0.5, 0.6) is 0 Å². The van der Waals surface area contributed by atoms with Crippen LogP contribution in [0.4, 0.5) is 21.5 Å². The number of nitrogens with one attached hydrogen (secondary N) is 3. The van der Waals surface area contributed by atoms with E-state index >= 15 is 0 Å². The Morgan fingerprint density at radius 2 is 2.05 bits per heavy atom. The highest BCUT2D eigenvalue weighted by molar-refractivity contribution is 9.10. The Hall–Kier alpha value is -2.15. The maximum atomic E-state index is 13.7. The maximum absolute atomic E-state index is 13.7. The fourth-order valence-electron chi connectivity index (χ4n) is 1.56. The minimum Gasteiger partial charge on any atom is -0.376 e. The molecule has 1 aromatic carbocycles. The number of rotatable bonds is 5. The zero-order chi connectivity index (χ0) is 14.5. The molecule has 7 heteroatoms. The van der Waals surface area contributed by atoms with Crippen LogP contribution < -0.4 is 16.2 Å². The van der Waals surface area contributed by atoms with E-state index < -0.39 is 11.5 Å². The molecule has 0 bridgehead atoms. The van der Waals surface area contributed by atoms with Crippen LogP contribution in [0.1, 0.15) is 0 Å². The van der Waals surface area contributed by atoms with E-state index in [-0.39, 0.29) is 11.4 Å². The molecule has 0 aliphatic heterocycles. The van der Waals surface area contributed by atoms with E-state index in [1.165, 1.54) is 0 Å². The fourth-order valence-corrected chi connectivity index (χ4v) is 1.83. The van der Waals surface area contributed by atoms with Gasteiger partial charge in [-0.3, -0.25) is 4.79 Å². The summed E-state index contributed by atoms with van der Waals surface area (Å²) in [6.07, 6.45) is 1.56. The van der Waals surface area contributed by atoms with Gasteiger partial charge in [0.05, 0.1) is 0 Å². The summed E-state index contributed by atoms with van der Waals surface area (Å²) >= 11 is 3.32. The number of halogens is 2. The first kappa shape index (κ1) is 14.3. The van der Waals surface area contributed by atoms with E-state index in [1.54, 1.807) is 18.2 Å². The molecular formula is C13H12BrFN4O. The van der Waals surface area contributed by atoms with Gasteiger partial charge in [-0.05, 0) is 24.3 Å². The van der Waals surface area contributed by atoms with Gasteiger partial charge < -0.3 is 10.6 Å². The van der Waals surface area contributed by atoms with Crippen molar-refractivity contribution in [2.75, 3.05) is 17.2 Å². The minimum absolute atomic E-state index is 0.0107. The van der Waals surface area contributed by atoms with Crippen molar-refractivity contribution in [3.8, 4) is 0 Å². The molecule has 2 aromatic rings. The number of anilines is 3. The average Bonchev–Trinajstić information content (AvgIpc) is 2.44. The third-order valence-electron chi connectivity index (χ3n) is 2.48. The second kappa shape index (κ2) is 6.33. The molecule has 0 radical (unpaired) electrons. The lowest BCUT2D eigenvalue weighted by atomic mass is 10.3. The zero-order valence-electron chi connectivity index (χ0n) is 10.4. The average molecular weight is 339 g/mol. The molecule has 0 fully saturated rings. The zero-order valence-corrected chi connectivity index (χ0v) is 12.0. The van der Waals surface area contributed by atoms with Crippen LogP contribution in [0.25, 0.3) is 0 Å². The Bertz CT molecular complexity index is 669. The summed E-state index contributed by atoms with van der Waals surface area (Å²) in [4.78, 5) is 11.8. The molecule has 1 aromatic heterocycles. The van der Waals surface area contributed by atoms with Crippen molar-refractivity contribution in [3.05, 3.63) is 57.7 Å². The first-order chi connectivity index (χ1) is 9.61. The molecule has 3 N–H and O–H groups in total. The molecule has 0 spiro atoms. The lowest BCUT2D eigenvalue weighted by Crippen LogP contribution is -2.18. The number of hydrogen-bond donors (Lipinski definition) is 3. The van der Waals surface area contributed by atoms with E-state index in [2.05, 4.69) is 43.3 Å². The lowest BCUT2D eigenvalue weighted by molar-refractivity contribution is 0.565. The van der Waals surface area contributed by atoms with Gasteiger partial charge >= 0.3 is 0 Å². The monoisotopic (exact) mass is 338 g/mol. The van der Waals surface area contributed by atoms with Crippen LogP contribution in [0.3, 0.4) is 0 Å². The summed E-state index contributed by atoms with van der Waals surface area (Å²) in [5, 5.41) is 11.0. The highest BCUT2D eigenvalue weighted by atomic mass is 79.9. The standard InChI is InChI=1S/C13H12BrFN4O/c1-2-7-16-10-11(13(20)19-18-12(10)15)17-9-5-3-8(14)4-6-9/h2-6H,1,7H2,(H,17,18)(H2,16,19,20). The van der Waals surface area contributed by atoms with Gasteiger partial charge in [0.2, 0.25) is 0 Å². The summed E-state index contributed by atoms with van der Waals surface area (Å²) in [6, 6.07) is 7.15. The van der Waals surface area contributed by atoms with E-state index in [0.29, 0.717) is 12.2 Å². The van der Waals surface area contributed by atoms with Gasteiger partial charge in [0.25, 0.3) is 11.5 Å². The smallest absolute Gasteiger partial charge is 0.290 e. The largest absolute Gasteiger partial charge is 0.376 e. The van der Waals surface area contributed by atoms with E-state index in [9.17, 15) is 9.18 Å². The SMILES string of the molecule is C=CCNc1c(F)n[nH]c(=O)c1Nc1ccc(Br)cc1. The quantitative estimate of drug-likeness (QED) is 0.733. The summed E-state index contributed by atoms with van der Waals surface area (Å²) in [6.45, 7) is 3.85. The lowest BCUT2D eigenvalue weighted by Gasteiger charge is -2.12. The van der Waals surface area contributed by atoms with Crippen LogP contribution in [0, 0.1) is 5.95 Å². The molecule has 0 atom stereocenters. The molecule has 0 aliphatic rings. The Kier molecular flexibility index (Phi) is 4.52. The second-order valence-electron chi connectivity index (χ2n) is 3.90. The Morgan fingerprint density at radius 1 is 1.35 bits per heavy atom.